The molecule has 0 bridgehead atoms. The lowest BCUT2D eigenvalue weighted by atomic mass is 9.85. The highest BCUT2D eigenvalue weighted by Gasteiger charge is 2.25. The van der Waals surface area contributed by atoms with Crippen molar-refractivity contribution in [2.24, 2.45) is 0 Å². The predicted molar refractivity (Wildman–Crippen MR) is 261 cm³/mol. The minimum Gasteiger partial charge on any atom is -0.390 e. The lowest BCUT2D eigenvalue weighted by molar-refractivity contribution is 0.00704. The van der Waals surface area contributed by atoms with Gasteiger partial charge in [0.05, 0.1) is 5.60 Å². The van der Waals surface area contributed by atoms with E-state index >= 15 is 0 Å². The van der Waals surface area contributed by atoms with Crippen molar-refractivity contribution in [2.75, 3.05) is 0 Å². The van der Waals surface area contributed by atoms with Crippen molar-refractivity contribution in [2.45, 2.75) is 283 Å². The molecule has 0 unspecified atom stereocenters. The fourth-order valence-corrected chi connectivity index (χ4v) is 7.88. The second-order valence-corrected chi connectivity index (χ2v) is 17.6. The Morgan fingerprint density at radius 1 is 0.246 bits per heavy atom. The van der Waals surface area contributed by atoms with Gasteiger partial charge in [0.2, 0.25) is 0 Å². The third-order valence-corrected chi connectivity index (χ3v) is 11.8. The van der Waals surface area contributed by atoms with E-state index < -0.39 is 5.60 Å². The molecule has 1 heteroatoms. The van der Waals surface area contributed by atoms with E-state index in [2.05, 4.69) is 93.7 Å². The van der Waals surface area contributed by atoms with Crippen LogP contribution >= 0.6 is 0 Å². The lowest BCUT2D eigenvalue weighted by Gasteiger charge is -2.29. The molecule has 0 saturated carbocycles. The molecule has 332 valence electrons. The summed E-state index contributed by atoms with van der Waals surface area (Å²) < 4.78 is 0. The van der Waals surface area contributed by atoms with Gasteiger partial charge in [-0.3, -0.25) is 0 Å². The molecular formula is C56H102O. The SMILES string of the molecule is CCCCCC=CCC=CCCCCCCCCCC(O)(CCCCCCCCC=CCC=CCCCCC)CCCCCCCCC=CCC=CCCCCC. The largest absolute Gasteiger partial charge is 0.390 e. The molecule has 0 aliphatic heterocycles. The minimum absolute atomic E-state index is 0.429. The van der Waals surface area contributed by atoms with Gasteiger partial charge in [-0.25, -0.2) is 0 Å². The van der Waals surface area contributed by atoms with Crippen LogP contribution in [0.2, 0.25) is 0 Å². The molecule has 0 aromatic carbocycles. The van der Waals surface area contributed by atoms with Crippen molar-refractivity contribution in [1.29, 1.82) is 0 Å². The number of hydrogen-bond acceptors (Lipinski definition) is 1. The number of aliphatic hydroxyl groups is 1. The number of hydrogen-bond donors (Lipinski definition) is 1. The Hall–Kier alpha value is -1.60. The van der Waals surface area contributed by atoms with Crippen LogP contribution in [0.3, 0.4) is 0 Å². The van der Waals surface area contributed by atoms with E-state index in [1.165, 1.54) is 218 Å². The fraction of sp³-hybridized carbons (Fsp3) is 0.786. The first-order valence-corrected chi connectivity index (χ1v) is 25.8. The minimum atomic E-state index is -0.429. The van der Waals surface area contributed by atoms with Crippen molar-refractivity contribution >= 4 is 0 Å². The summed E-state index contributed by atoms with van der Waals surface area (Å²) in [7, 11) is 0. The van der Waals surface area contributed by atoms with Gasteiger partial charge in [-0.1, -0.05) is 235 Å². The third-order valence-electron chi connectivity index (χ3n) is 11.8. The van der Waals surface area contributed by atoms with Gasteiger partial charge < -0.3 is 5.11 Å². The van der Waals surface area contributed by atoms with E-state index in [1.807, 2.05) is 0 Å². The van der Waals surface area contributed by atoms with Crippen LogP contribution < -0.4 is 0 Å². The van der Waals surface area contributed by atoms with Crippen LogP contribution in [0.4, 0.5) is 0 Å². The molecule has 0 heterocycles. The van der Waals surface area contributed by atoms with E-state index in [-0.39, 0.29) is 0 Å². The third kappa shape index (κ3) is 47.0. The molecule has 0 rings (SSSR count). The Morgan fingerprint density at radius 3 is 0.667 bits per heavy atom. The van der Waals surface area contributed by atoms with Crippen LogP contribution in [-0.4, -0.2) is 10.7 Å². The molecule has 0 amide bonds. The summed E-state index contributed by atoms with van der Waals surface area (Å²) in [6.45, 7) is 6.82. The van der Waals surface area contributed by atoms with Crippen LogP contribution in [0, 0.1) is 0 Å². The topological polar surface area (TPSA) is 20.2 Å². The molecule has 1 N–H and O–H groups in total. The van der Waals surface area contributed by atoms with Crippen molar-refractivity contribution < 1.29 is 5.11 Å². The van der Waals surface area contributed by atoms with Gasteiger partial charge in [0.25, 0.3) is 0 Å². The van der Waals surface area contributed by atoms with E-state index in [0.29, 0.717) is 0 Å². The van der Waals surface area contributed by atoms with E-state index in [4.69, 9.17) is 0 Å². The second-order valence-electron chi connectivity index (χ2n) is 17.6. The Bertz CT molecular complexity index is 883. The summed E-state index contributed by atoms with van der Waals surface area (Å²) in [4.78, 5) is 0. The summed E-state index contributed by atoms with van der Waals surface area (Å²) in [6.07, 6.45) is 79.0. The van der Waals surface area contributed by atoms with Crippen LogP contribution in [0.25, 0.3) is 0 Å². The first kappa shape index (κ1) is 55.4. The van der Waals surface area contributed by atoms with Gasteiger partial charge >= 0.3 is 0 Å². The number of unbranched alkanes of at least 4 members (excludes halogenated alkanes) is 28. The summed E-state index contributed by atoms with van der Waals surface area (Å²) >= 11 is 0. The molecule has 57 heavy (non-hydrogen) atoms. The maximum atomic E-state index is 11.8. The average Bonchev–Trinajstić information content (AvgIpc) is 3.21. The summed E-state index contributed by atoms with van der Waals surface area (Å²) in [5, 5.41) is 11.8. The van der Waals surface area contributed by atoms with Crippen LogP contribution in [-0.2, 0) is 0 Å². The van der Waals surface area contributed by atoms with E-state index in [0.717, 1.165) is 38.5 Å². The average molecular weight is 791 g/mol. The zero-order valence-electron chi connectivity index (χ0n) is 39.2. The fourth-order valence-electron chi connectivity index (χ4n) is 7.88. The Labute approximate surface area is 359 Å². The van der Waals surface area contributed by atoms with Gasteiger partial charge in [0.1, 0.15) is 0 Å². The highest BCUT2D eigenvalue weighted by Crippen LogP contribution is 2.29. The summed E-state index contributed by atoms with van der Waals surface area (Å²) in [5.41, 5.74) is -0.429. The molecule has 0 radical (unpaired) electrons. The predicted octanol–water partition coefficient (Wildman–Crippen LogP) is 19.7. The normalized spacial score (nSPS) is 13.7. The monoisotopic (exact) mass is 791 g/mol. The Balaban J connectivity index is 4.26. The van der Waals surface area contributed by atoms with Crippen molar-refractivity contribution in [3.8, 4) is 0 Å². The number of allylic oxidation sites excluding steroid dienone is 12. The van der Waals surface area contributed by atoms with Gasteiger partial charge in [-0.2, -0.15) is 0 Å². The second kappa shape index (κ2) is 48.8. The molecule has 0 aromatic heterocycles. The van der Waals surface area contributed by atoms with Crippen LogP contribution in [0.15, 0.2) is 72.9 Å². The Kier molecular flexibility index (Phi) is 47.4. The van der Waals surface area contributed by atoms with Gasteiger partial charge in [-0.05, 0) is 116 Å². The maximum Gasteiger partial charge on any atom is 0.0647 e. The quantitative estimate of drug-likeness (QED) is 0.0481. The molecular weight excluding hydrogens is 689 g/mol. The molecule has 0 atom stereocenters. The van der Waals surface area contributed by atoms with Gasteiger partial charge in [-0.15, -0.1) is 0 Å². The van der Waals surface area contributed by atoms with Crippen molar-refractivity contribution in [3.63, 3.8) is 0 Å². The lowest BCUT2D eigenvalue weighted by Crippen LogP contribution is -2.28. The smallest absolute Gasteiger partial charge is 0.0647 e. The highest BCUT2D eigenvalue weighted by molar-refractivity contribution is 4.94. The first-order chi connectivity index (χ1) is 28.2. The van der Waals surface area contributed by atoms with Crippen molar-refractivity contribution in [1.82, 2.24) is 0 Å². The zero-order chi connectivity index (χ0) is 41.3. The standard InChI is InChI=1S/C56H102O/c1-4-7-10-13-16-19-22-25-28-31-34-37-40-43-46-49-52-55-56(57,53-50-47-44-41-38-35-32-29-26-23-20-17-14-11-8-5-2)54-51-48-45-42-39-36-33-30-27-24-21-18-15-12-9-6-3/h16-21,25-30,57H,4-15,22-24,31-55H2,1-3H3. The van der Waals surface area contributed by atoms with E-state index in [1.54, 1.807) is 0 Å². The maximum absolute atomic E-state index is 11.8. The highest BCUT2D eigenvalue weighted by atomic mass is 16.3. The molecule has 0 saturated heterocycles. The molecule has 1 nitrogen and oxygen atoms in total. The van der Waals surface area contributed by atoms with E-state index in [9.17, 15) is 5.11 Å². The van der Waals surface area contributed by atoms with Gasteiger partial charge in [0.15, 0.2) is 0 Å². The van der Waals surface area contributed by atoms with Crippen LogP contribution in [0.1, 0.15) is 278 Å². The first-order valence-electron chi connectivity index (χ1n) is 25.8. The molecule has 0 aliphatic rings. The molecule has 0 aliphatic carbocycles. The summed E-state index contributed by atoms with van der Waals surface area (Å²) in [5.74, 6) is 0. The van der Waals surface area contributed by atoms with Crippen molar-refractivity contribution in [3.05, 3.63) is 72.9 Å². The van der Waals surface area contributed by atoms with Gasteiger partial charge in [0, 0.05) is 0 Å². The molecule has 0 fully saturated rings. The molecule has 0 spiro atoms. The Morgan fingerprint density at radius 2 is 0.439 bits per heavy atom. The zero-order valence-corrected chi connectivity index (χ0v) is 39.2. The molecule has 0 aromatic rings. The summed E-state index contributed by atoms with van der Waals surface area (Å²) in [6, 6.07) is 0. The van der Waals surface area contributed by atoms with Crippen LogP contribution in [0.5, 0.6) is 0 Å². The number of rotatable bonds is 46.